The van der Waals surface area contributed by atoms with E-state index in [1.54, 1.807) is 0 Å². The highest BCUT2D eigenvalue weighted by Crippen LogP contribution is 2.17. The lowest BCUT2D eigenvalue weighted by molar-refractivity contribution is 0.110. The van der Waals surface area contributed by atoms with Crippen LogP contribution in [0.1, 0.15) is 51.5 Å². The molecule has 1 N–H and O–H groups in total. The number of hydrogen-bond donors (Lipinski definition) is 1. The van der Waals surface area contributed by atoms with Crippen molar-refractivity contribution in [2.75, 3.05) is 26.4 Å². The third kappa shape index (κ3) is 8.74. The highest BCUT2D eigenvalue weighted by molar-refractivity contribution is 5.33. The van der Waals surface area contributed by atoms with Gasteiger partial charge in [0.2, 0.25) is 0 Å². The molecule has 1 aromatic carbocycles. The van der Waals surface area contributed by atoms with Gasteiger partial charge in [0.15, 0.2) is 0 Å². The molecule has 0 unspecified atom stereocenters. The Hall–Kier alpha value is -1.06. The lowest BCUT2D eigenvalue weighted by Crippen LogP contribution is -2.16. The van der Waals surface area contributed by atoms with Gasteiger partial charge in [-0.05, 0) is 26.0 Å². The Labute approximate surface area is 130 Å². The molecule has 0 saturated carbocycles. The normalized spacial score (nSPS) is 10.8. The highest BCUT2D eigenvalue weighted by Gasteiger charge is 2.02. The van der Waals surface area contributed by atoms with Crippen molar-refractivity contribution in [1.82, 2.24) is 5.32 Å². The van der Waals surface area contributed by atoms with Crippen LogP contribution in [0, 0.1) is 0 Å². The zero-order valence-electron chi connectivity index (χ0n) is 13.7. The Bertz CT molecular complexity index is 355. The predicted octanol–water partition coefficient (Wildman–Crippen LogP) is 4.16. The highest BCUT2D eigenvalue weighted by atomic mass is 16.5. The quantitative estimate of drug-likeness (QED) is 0.554. The zero-order valence-corrected chi connectivity index (χ0v) is 13.7. The van der Waals surface area contributed by atoms with Crippen LogP contribution in [0.15, 0.2) is 24.3 Å². The molecule has 0 aliphatic carbocycles. The summed E-state index contributed by atoms with van der Waals surface area (Å²) >= 11 is 0. The molecule has 0 spiro atoms. The standard InChI is InChI=1S/C18H31NO2/c1-3-5-6-7-10-13-19-16-17-11-8-9-12-18(17)21-15-14-20-4-2/h8-9,11-12,19H,3-7,10,13-16H2,1-2H3. The van der Waals surface area contributed by atoms with Crippen LogP contribution >= 0.6 is 0 Å². The van der Waals surface area contributed by atoms with Gasteiger partial charge in [-0.1, -0.05) is 50.8 Å². The van der Waals surface area contributed by atoms with Crippen LogP contribution in [0.4, 0.5) is 0 Å². The molecular formula is C18H31NO2. The Morgan fingerprint density at radius 1 is 0.952 bits per heavy atom. The maximum atomic E-state index is 5.78. The lowest BCUT2D eigenvalue weighted by Gasteiger charge is -2.12. The number of unbranched alkanes of at least 4 members (excludes halogenated alkanes) is 4. The van der Waals surface area contributed by atoms with E-state index >= 15 is 0 Å². The first kappa shape index (κ1) is 18.0. The summed E-state index contributed by atoms with van der Waals surface area (Å²) in [5.74, 6) is 0.968. The summed E-state index contributed by atoms with van der Waals surface area (Å²) in [7, 11) is 0. The van der Waals surface area contributed by atoms with E-state index in [0.717, 1.165) is 25.4 Å². The number of hydrogen-bond acceptors (Lipinski definition) is 3. The molecule has 1 aromatic rings. The van der Waals surface area contributed by atoms with Gasteiger partial charge in [0, 0.05) is 18.7 Å². The van der Waals surface area contributed by atoms with E-state index in [1.165, 1.54) is 37.7 Å². The summed E-state index contributed by atoms with van der Waals surface area (Å²) in [5, 5.41) is 3.51. The number of nitrogens with one attached hydrogen (secondary N) is 1. The molecule has 0 bridgehead atoms. The van der Waals surface area contributed by atoms with Gasteiger partial charge in [0.25, 0.3) is 0 Å². The van der Waals surface area contributed by atoms with Gasteiger partial charge in [-0.25, -0.2) is 0 Å². The van der Waals surface area contributed by atoms with Crippen molar-refractivity contribution < 1.29 is 9.47 Å². The molecule has 3 nitrogen and oxygen atoms in total. The Morgan fingerprint density at radius 2 is 1.76 bits per heavy atom. The minimum atomic E-state index is 0.613. The van der Waals surface area contributed by atoms with Gasteiger partial charge in [0.05, 0.1) is 6.61 Å². The molecule has 21 heavy (non-hydrogen) atoms. The fourth-order valence-electron chi connectivity index (χ4n) is 2.22. The van der Waals surface area contributed by atoms with Crippen LogP contribution in [0.5, 0.6) is 5.75 Å². The van der Waals surface area contributed by atoms with Crippen molar-refractivity contribution in [3.63, 3.8) is 0 Å². The van der Waals surface area contributed by atoms with E-state index in [-0.39, 0.29) is 0 Å². The van der Waals surface area contributed by atoms with Crippen LogP contribution in [0.3, 0.4) is 0 Å². The predicted molar refractivity (Wildman–Crippen MR) is 88.9 cm³/mol. The van der Waals surface area contributed by atoms with Crippen LogP contribution in [-0.2, 0) is 11.3 Å². The summed E-state index contributed by atoms with van der Waals surface area (Å²) in [5.41, 5.74) is 1.22. The molecule has 3 heteroatoms. The van der Waals surface area contributed by atoms with Crippen molar-refractivity contribution in [2.24, 2.45) is 0 Å². The maximum Gasteiger partial charge on any atom is 0.123 e. The van der Waals surface area contributed by atoms with Crippen LogP contribution in [0.25, 0.3) is 0 Å². The van der Waals surface area contributed by atoms with Crippen LogP contribution < -0.4 is 10.1 Å². The number of benzene rings is 1. The van der Waals surface area contributed by atoms with Gasteiger partial charge >= 0.3 is 0 Å². The molecule has 0 atom stereocenters. The number of ether oxygens (including phenoxy) is 2. The summed E-state index contributed by atoms with van der Waals surface area (Å²) in [6.07, 6.45) is 6.60. The number of para-hydroxylation sites is 1. The molecule has 0 aliphatic heterocycles. The summed E-state index contributed by atoms with van der Waals surface area (Å²) < 4.78 is 11.1. The second kappa shape index (κ2) is 12.7. The SMILES string of the molecule is CCCCCCCNCc1ccccc1OCCOCC. The first-order chi connectivity index (χ1) is 10.4. The molecule has 0 saturated heterocycles. The van der Waals surface area contributed by atoms with E-state index in [0.29, 0.717) is 13.2 Å². The lowest BCUT2D eigenvalue weighted by atomic mass is 10.1. The molecule has 0 heterocycles. The van der Waals surface area contributed by atoms with Crippen molar-refractivity contribution in [2.45, 2.75) is 52.5 Å². The molecule has 1 rings (SSSR count). The molecule has 0 aromatic heterocycles. The Kier molecular flexibility index (Phi) is 10.8. The fraction of sp³-hybridized carbons (Fsp3) is 0.667. The molecule has 0 aliphatic rings. The minimum absolute atomic E-state index is 0.613. The Morgan fingerprint density at radius 3 is 2.57 bits per heavy atom. The average Bonchev–Trinajstić information content (AvgIpc) is 2.52. The van der Waals surface area contributed by atoms with E-state index in [9.17, 15) is 0 Å². The Balaban J connectivity index is 2.21. The second-order valence-corrected chi connectivity index (χ2v) is 5.24. The molecular weight excluding hydrogens is 262 g/mol. The van der Waals surface area contributed by atoms with E-state index in [4.69, 9.17) is 9.47 Å². The molecule has 120 valence electrons. The van der Waals surface area contributed by atoms with E-state index in [2.05, 4.69) is 24.4 Å². The largest absolute Gasteiger partial charge is 0.491 e. The van der Waals surface area contributed by atoms with Gasteiger partial charge in [-0.15, -0.1) is 0 Å². The third-order valence-corrected chi connectivity index (χ3v) is 3.43. The van der Waals surface area contributed by atoms with E-state index < -0.39 is 0 Å². The topological polar surface area (TPSA) is 30.5 Å². The van der Waals surface area contributed by atoms with Gasteiger partial charge < -0.3 is 14.8 Å². The summed E-state index contributed by atoms with van der Waals surface area (Å²) in [6, 6.07) is 8.24. The van der Waals surface area contributed by atoms with Crippen LogP contribution in [0.2, 0.25) is 0 Å². The van der Waals surface area contributed by atoms with Gasteiger partial charge in [-0.2, -0.15) is 0 Å². The van der Waals surface area contributed by atoms with E-state index in [1.807, 2.05) is 19.1 Å². The molecule has 0 amide bonds. The monoisotopic (exact) mass is 293 g/mol. The smallest absolute Gasteiger partial charge is 0.123 e. The average molecular weight is 293 g/mol. The minimum Gasteiger partial charge on any atom is -0.491 e. The van der Waals surface area contributed by atoms with Gasteiger partial charge in [-0.3, -0.25) is 0 Å². The number of rotatable bonds is 13. The van der Waals surface area contributed by atoms with Crippen molar-refractivity contribution >= 4 is 0 Å². The van der Waals surface area contributed by atoms with Gasteiger partial charge in [0.1, 0.15) is 12.4 Å². The maximum absolute atomic E-state index is 5.78. The van der Waals surface area contributed by atoms with Crippen molar-refractivity contribution in [3.8, 4) is 5.75 Å². The zero-order chi connectivity index (χ0) is 15.2. The molecule has 0 radical (unpaired) electrons. The second-order valence-electron chi connectivity index (χ2n) is 5.24. The van der Waals surface area contributed by atoms with Crippen molar-refractivity contribution in [3.05, 3.63) is 29.8 Å². The van der Waals surface area contributed by atoms with Crippen molar-refractivity contribution in [1.29, 1.82) is 0 Å². The summed E-state index contributed by atoms with van der Waals surface area (Å²) in [6.45, 7) is 8.21. The van der Waals surface area contributed by atoms with Crippen LogP contribution in [-0.4, -0.2) is 26.4 Å². The molecule has 0 fully saturated rings. The first-order valence-electron chi connectivity index (χ1n) is 8.37. The first-order valence-corrected chi connectivity index (χ1v) is 8.37. The fourth-order valence-corrected chi connectivity index (χ4v) is 2.22. The summed E-state index contributed by atoms with van der Waals surface area (Å²) in [4.78, 5) is 0. The third-order valence-electron chi connectivity index (χ3n) is 3.43.